The van der Waals surface area contributed by atoms with E-state index in [0.717, 1.165) is 57.5 Å². The van der Waals surface area contributed by atoms with Gasteiger partial charge in [0.15, 0.2) is 0 Å². The lowest BCUT2D eigenvalue weighted by molar-refractivity contribution is -0.153. The summed E-state index contributed by atoms with van der Waals surface area (Å²) in [5.74, 6) is -1.16. The van der Waals surface area contributed by atoms with Crippen LogP contribution in [0.1, 0.15) is 58.3 Å². The van der Waals surface area contributed by atoms with E-state index in [1.807, 2.05) is 85.8 Å². The SMILES string of the molecule is CC(=O)C1(c2cccc(-c3ccc(CN(Cc4ccc(C(F)(F)F)o4)C(=O)c4c(C)ccc5ccccc45)cc3)c2)CC1. The van der Waals surface area contributed by atoms with Crippen LogP contribution in [0.2, 0.25) is 0 Å². The highest BCUT2D eigenvalue weighted by Gasteiger charge is 2.48. The van der Waals surface area contributed by atoms with Gasteiger partial charge in [-0.3, -0.25) is 9.59 Å². The third-order valence-corrected chi connectivity index (χ3v) is 8.43. The summed E-state index contributed by atoms with van der Waals surface area (Å²) in [6.07, 6.45) is -2.88. The standard InChI is InChI=1S/C36H30F3NO3/c1-23-10-13-27-6-3-4-9-31(27)33(23)34(42)40(22-30-16-17-32(43-30)36(37,38)39)21-25-11-14-26(15-12-25)28-7-5-8-29(20-28)35(18-19-35)24(2)41/h3-17,20H,18-19,21-22H2,1-2H3. The van der Waals surface area contributed by atoms with Crippen molar-refractivity contribution in [2.24, 2.45) is 0 Å². The van der Waals surface area contributed by atoms with E-state index in [9.17, 15) is 22.8 Å². The first-order valence-electron chi connectivity index (χ1n) is 14.2. The second kappa shape index (κ2) is 10.9. The molecule has 218 valence electrons. The van der Waals surface area contributed by atoms with Gasteiger partial charge in [-0.05, 0) is 77.4 Å². The molecule has 0 N–H and O–H groups in total. The highest BCUT2D eigenvalue weighted by atomic mass is 19.4. The minimum absolute atomic E-state index is 0.0477. The first-order valence-corrected chi connectivity index (χ1v) is 14.2. The smallest absolute Gasteiger partial charge is 0.449 e. The second-order valence-electron chi connectivity index (χ2n) is 11.3. The summed E-state index contributed by atoms with van der Waals surface area (Å²) in [6, 6.07) is 29.3. The number of benzene rings is 4. The van der Waals surface area contributed by atoms with E-state index in [1.165, 1.54) is 11.0 Å². The number of carbonyl (C=O) groups excluding carboxylic acids is 2. The number of rotatable bonds is 8. The van der Waals surface area contributed by atoms with Crippen LogP contribution in [-0.2, 0) is 29.5 Å². The van der Waals surface area contributed by atoms with Crippen molar-refractivity contribution in [1.29, 1.82) is 0 Å². The maximum absolute atomic E-state index is 14.1. The highest BCUT2D eigenvalue weighted by Crippen LogP contribution is 2.49. The van der Waals surface area contributed by atoms with Gasteiger partial charge in [0.25, 0.3) is 5.91 Å². The average molecular weight is 582 g/mol. The third-order valence-electron chi connectivity index (χ3n) is 8.43. The van der Waals surface area contributed by atoms with Crippen molar-refractivity contribution in [3.63, 3.8) is 0 Å². The van der Waals surface area contributed by atoms with E-state index >= 15 is 0 Å². The summed E-state index contributed by atoms with van der Waals surface area (Å²) >= 11 is 0. The number of alkyl halides is 3. The van der Waals surface area contributed by atoms with Gasteiger partial charge in [0.05, 0.1) is 17.5 Å². The Morgan fingerprint density at radius 1 is 0.837 bits per heavy atom. The Morgan fingerprint density at radius 3 is 2.26 bits per heavy atom. The normalized spacial score (nSPS) is 14.1. The first-order chi connectivity index (χ1) is 20.5. The Hall–Kier alpha value is -4.65. The molecule has 7 heteroatoms. The molecule has 1 saturated carbocycles. The van der Waals surface area contributed by atoms with Crippen LogP contribution in [0.3, 0.4) is 0 Å². The summed E-state index contributed by atoms with van der Waals surface area (Å²) in [4.78, 5) is 27.9. The summed E-state index contributed by atoms with van der Waals surface area (Å²) in [5.41, 5.74) is 4.72. The maximum atomic E-state index is 14.1. The number of amides is 1. The van der Waals surface area contributed by atoms with Gasteiger partial charge in [-0.2, -0.15) is 13.2 Å². The Kier molecular flexibility index (Phi) is 7.20. The molecule has 6 rings (SSSR count). The minimum Gasteiger partial charge on any atom is -0.455 e. The number of nitrogens with zero attached hydrogens (tertiary/aromatic N) is 1. The molecule has 0 unspecified atom stereocenters. The van der Waals surface area contributed by atoms with E-state index in [4.69, 9.17) is 4.42 Å². The van der Waals surface area contributed by atoms with Gasteiger partial charge in [0.2, 0.25) is 5.76 Å². The van der Waals surface area contributed by atoms with Crippen molar-refractivity contribution in [1.82, 2.24) is 4.90 Å². The van der Waals surface area contributed by atoms with Crippen LogP contribution in [0.4, 0.5) is 13.2 Å². The van der Waals surface area contributed by atoms with Crippen molar-refractivity contribution in [2.45, 2.75) is 51.4 Å². The quantitative estimate of drug-likeness (QED) is 0.184. The molecule has 1 heterocycles. The highest BCUT2D eigenvalue weighted by molar-refractivity contribution is 6.08. The van der Waals surface area contributed by atoms with Crippen LogP contribution >= 0.6 is 0 Å². The molecule has 0 saturated heterocycles. The molecule has 0 bridgehead atoms. The molecule has 1 aliphatic carbocycles. The summed E-state index contributed by atoms with van der Waals surface area (Å²) in [5, 5.41) is 1.68. The molecule has 1 aliphatic rings. The topological polar surface area (TPSA) is 50.5 Å². The van der Waals surface area contributed by atoms with Gasteiger partial charge >= 0.3 is 6.18 Å². The first kappa shape index (κ1) is 28.5. The summed E-state index contributed by atoms with van der Waals surface area (Å²) in [6.45, 7) is 3.53. The van der Waals surface area contributed by atoms with Crippen molar-refractivity contribution in [2.75, 3.05) is 0 Å². The van der Waals surface area contributed by atoms with Crippen LogP contribution in [0.25, 0.3) is 21.9 Å². The fourth-order valence-corrected chi connectivity index (χ4v) is 5.81. The Balaban J connectivity index is 1.31. The Labute approximate surface area is 247 Å². The van der Waals surface area contributed by atoms with E-state index < -0.39 is 11.9 Å². The lowest BCUT2D eigenvalue weighted by atomic mass is 9.89. The zero-order chi connectivity index (χ0) is 30.4. The average Bonchev–Trinajstić information content (AvgIpc) is 3.68. The number of halogens is 3. The number of aryl methyl sites for hydroxylation is 1. The van der Waals surface area contributed by atoms with Gasteiger partial charge in [-0.15, -0.1) is 0 Å². The second-order valence-corrected chi connectivity index (χ2v) is 11.3. The van der Waals surface area contributed by atoms with Crippen molar-refractivity contribution >= 4 is 22.5 Å². The van der Waals surface area contributed by atoms with Crippen molar-refractivity contribution < 1.29 is 27.2 Å². The van der Waals surface area contributed by atoms with E-state index in [-0.39, 0.29) is 36.0 Å². The molecule has 1 fully saturated rings. The molecule has 0 atom stereocenters. The van der Waals surface area contributed by atoms with Crippen molar-refractivity contribution in [3.05, 3.63) is 131 Å². The van der Waals surface area contributed by atoms with Crippen LogP contribution in [0, 0.1) is 6.92 Å². The molecule has 5 aromatic rings. The van der Waals surface area contributed by atoms with E-state index in [0.29, 0.717) is 5.56 Å². The fraction of sp³-hybridized carbons (Fsp3) is 0.222. The van der Waals surface area contributed by atoms with Crippen LogP contribution in [0.15, 0.2) is 101 Å². The number of carbonyl (C=O) groups is 2. The third kappa shape index (κ3) is 5.59. The zero-order valence-electron chi connectivity index (χ0n) is 23.9. The van der Waals surface area contributed by atoms with Gasteiger partial charge in [0.1, 0.15) is 11.5 Å². The molecule has 0 aliphatic heterocycles. The minimum atomic E-state index is -4.62. The van der Waals surface area contributed by atoms with Crippen molar-refractivity contribution in [3.8, 4) is 11.1 Å². The van der Waals surface area contributed by atoms with E-state index in [1.54, 1.807) is 6.92 Å². The molecule has 4 nitrogen and oxygen atoms in total. The maximum Gasteiger partial charge on any atom is 0.449 e. The predicted octanol–water partition coefficient (Wildman–Crippen LogP) is 8.89. The number of hydrogen-bond donors (Lipinski definition) is 0. The molecule has 4 aromatic carbocycles. The molecular weight excluding hydrogens is 551 g/mol. The zero-order valence-corrected chi connectivity index (χ0v) is 23.9. The van der Waals surface area contributed by atoms with Gasteiger partial charge in [-0.25, -0.2) is 0 Å². The number of furan rings is 1. The van der Waals surface area contributed by atoms with Crippen LogP contribution in [0.5, 0.6) is 0 Å². The molecule has 0 radical (unpaired) electrons. The molecule has 1 aromatic heterocycles. The lowest BCUT2D eigenvalue weighted by Gasteiger charge is -2.24. The number of Topliss-reactive ketones (excluding diaryl/α,β-unsaturated/α-hetero) is 1. The number of fused-ring (bicyclic) bond motifs is 1. The lowest BCUT2D eigenvalue weighted by Crippen LogP contribution is -2.30. The predicted molar refractivity (Wildman–Crippen MR) is 159 cm³/mol. The van der Waals surface area contributed by atoms with Gasteiger partial charge in [-0.1, -0.05) is 84.9 Å². The Bertz CT molecular complexity index is 1830. The molecule has 1 amide bonds. The number of ketones is 1. The van der Waals surface area contributed by atoms with Crippen LogP contribution < -0.4 is 0 Å². The molecular formula is C36H30F3NO3. The Morgan fingerprint density at radius 2 is 1.58 bits per heavy atom. The van der Waals surface area contributed by atoms with Gasteiger partial charge < -0.3 is 9.32 Å². The fourth-order valence-electron chi connectivity index (χ4n) is 5.81. The molecule has 0 spiro atoms. The van der Waals surface area contributed by atoms with Crippen LogP contribution in [-0.4, -0.2) is 16.6 Å². The monoisotopic (exact) mass is 581 g/mol. The summed E-state index contributed by atoms with van der Waals surface area (Å²) < 4.78 is 44.9. The summed E-state index contributed by atoms with van der Waals surface area (Å²) in [7, 11) is 0. The number of hydrogen-bond acceptors (Lipinski definition) is 3. The van der Waals surface area contributed by atoms with Gasteiger partial charge in [0, 0.05) is 6.54 Å². The van der Waals surface area contributed by atoms with E-state index in [2.05, 4.69) is 6.07 Å². The largest absolute Gasteiger partial charge is 0.455 e. The molecule has 43 heavy (non-hydrogen) atoms.